The molecule has 120 valence electrons. The number of H-pyrrole nitrogens is 1. The molecule has 0 bridgehead atoms. The van der Waals surface area contributed by atoms with Crippen molar-refractivity contribution in [1.29, 1.82) is 0 Å². The molecule has 0 radical (unpaired) electrons. The SMILES string of the molecule is Cc1cccc(Oc2ccccc2NC(=O)c2ccc(=O)[nH]n2)c1. The van der Waals surface area contributed by atoms with Crippen molar-refractivity contribution in [3.05, 3.63) is 82.3 Å². The van der Waals surface area contributed by atoms with Gasteiger partial charge in [0.25, 0.3) is 11.5 Å². The van der Waals surface area contributed by atoms with E-state index < -0.39 is 5.91 Å². The van der Waals surface area contributed by atoms with Gasteiger partial charge in [-0.15, -0.1) is 0 Å². The lowest BCUT2D eigenvalue weighted by molar-refractivity contribution is 0.102. The molecule has 6 heteroatoms. The number of aryl methyl sites for hydroxylation is 1. The Bertz CT molecular complexity index is 914. The van der Waals surface area contributed by atoms with E-state index in [2.05, 4.69) is 15.5 Å². The Morgan fingerprint density at radius 2 is 1.92 bits per heavy atom. The molecule has 1 aromatic heterocycles. The van der Waals surface area contributed by atoms with Gasteiger partial charge in [0.15, 0.2) is 5.75 Å². The van der Waals surface area contributed by atoms with E-state index in [0.29, 0.717) is 17.2 Å². The summed E-state index contributed by atoms with van der Waals surface area (Å²) >= 11 is 0. The van der Waals surface area contributed by atoms with Gasteiger partial charge in [-0.1, -0.05) is 24.3 Å². The topological polar surface area (TPSA) is 84.1 Å². The predicted molar refractivity (Wildman–Crippen MR) is 90.5 cm³/mol. The van der Waals surface area contributed by atoms with Gasteiger partial charge in [0, 0.05) is 6.07 Å². The Morgan fingerprint density at radius 1 is 1.08 bits per heavy atom. The van der Waals surface area contributed by atoms with Crippen LogP contribution in [0, 0.1) is 6.92 Å². The third kappa shape index (κ3) is 3.67. The third-order valence-electron chi connectivity index (χ3n) is 3.26. The number of carbonyl (C=O) groups is 1. The van der Waals surface area contributed by atoms with Crippen LogP contribution in [0.2, 0.25) is 0 Å². The van der Waals surface area contributed by atoms with E-state index in [1.54, 1.807) is 18.2 Å². The first-order chi connectivity index (χ1) is 11.6. The first-order valence-corrected chi connectivity index (χ1v) is 7.32. The summed E-state index contributed by atoms with van der Waals surface area (Å²) in [5.41, 5.74) is 1.33. The molecule has 0 saturated heterocycles. The summed E-state index contributed by atoms with van der Waals surface area (Å²) in [6.07, 6.45) is 0. The molecule has 3 rings (SSSR count). The van der Waals surface area contributed by atoms with Gasteiger partial charge in [0.05, 0.1) is 5.69 Å². The zero-order valence-corrected chi connectivity index (χ0v) is 12.9. The van der Waals surface area contributed by atoms with Gasteiger partial charge in [-0.25, -0.2) is 5.10 Å². The van der Waals surface area contributed by atoms with Crippen molar-refractivity contribution in [2.45, 2.75) is 6.92 Å². The summed E-state index contributed by atoms with van der Waals surface area (Å²) in [5, 5.41) is 8.67. The van der Waals surface area contributed by atoms with E-state index in [0.717, 1.165) is 5.56 Å². The van der Waals surface area contributed by atoms with Crippen molar-refractivity contribution in [2.24, 2.45) is 0 Å². The van der Waals surface area contributed by atoms with Crippen LogP contribution in [0.3, 0.4) is 0 Å². The number of nitrogens with zero attached hydrogens (tertiary/aromatic N) is 1. The Morgan fingerprint density at radius 3 is 2.67 bits per heavy atom. The quantitative estimate of drug-likeness (QED) is 0.773. The van der Waals surface area contributed by atoms with E-state index in [1.165, 1.54) is 12.1 Å². The van der Waals surface area contributed by atoms with E-state index in [9.17, 15) is 9.59 Å². The lowest BCUT2D eigenvalue weighted by Gasteiger charge is -2.12. The summed E-state index contributed by atoms with van der Waals surface area (Å²) in [4.78, 5) is 23.3. The number of hydrogen-bond acceptors (Lipinski definition) is 4. The molecular weight excluding hydrogens is 306 g/mol. The van der Waals surface area contributed by atoms with Crippen LogP contribution in [-0.2, 0) is 0 Å². The Labute approximate surface area is 138 Å². The van der Waals surface area contributed by atoms with Crippen LogP contribution < -0.4 is 15.6 Å². The fourth-order valence-electron chi connectivity index (χ4n) is 2.12. The highest BCUT2D eigenvalue weighted by Crippen LogP contribution is 2.29. The fourth-order valence-corrected chi connectivity index (χ4v) is 2.12. The van der Waals surface area contributed by atoms with Crippen LogP contribution in [0.1, 0.15) is 16.1 Å². The molecule has 6 nitrogen and oxygen atoms in total. The van der Waals surface area contributed by atoms with E-state index in [1.807, 2.05) is 37.3 Å². The number of aromatic amines is 1. The molecule has 2 N–H and O–H groups in total. The van der Waals surface area contributed by atoms with Crippen LogP contribution in [-0.4, -0.2) is 16.1 Å². The summed E-state index contributed by atoms with van der Waals surface area (Å²) in [7, 11) is 0. The zero-order valence-electron chi connectivity index (χ0n) is 12.9. The number of ether oxygens (including phenoxy) is 1. The molecule has 0 aliphatic rings. The fraction of sp³-hybridized carbons (Fsp3) is 0.0556. The molecule has 3 aromatic rings. The average molecular weight is 321 g/mol. The molecule has 24 heavy (non-hydrogen) atoms. The van der Waals surface area contributed by atoms with Gasteiger partial charge in [0.1, 0.15) is 11.4 Å². The van der Waals surface area contributed by atoms with Gasteiger partial charge in [-0.3, -0.25) is 9.59 Å². The van der Waals surface area contributed by atoms with Crippen LogP contribution in [0.15, 0.2) is 65.5 Å². The smallest absolute Gasteiger partial charge is 0.276 e. The second kappa shape index (κ2) is 6.78. The minimum atomic E-state index is -0.438. The van der Waals surface area contributed by atoms with Crippen molar-refractivity contribution in [3.63, 3.8) is 0 Å². The molecule has 2 aromatic carbocycles. The predicted octanol–water partition coefficient (Wildman–Crippen LogP) is 3.12. The van der Waals surface area contributed by atoms with Gasteiger partial charge < -0.3 is 10.1 Å². The van der Waals surface area contributed by atoms with Crippen molar-refractivity contribution >= 4 is 11.6 Å². The van der Waals surface area contributed by atoms with E-state index in [-0.39, 0.29) is 11.3 Å². The lowest BCUT2D eigenvalue weighted by Crippen LogP contribution is -2.17. The third-order valence-corrected chi connectivity index (χ3v) is 3.26. The normalized spacial score (nSPS) is 10.2. The molecule has 0 atom stereocenters. The van der Waals surface area contributed by atoms with Crippen LogP contribution >= 0.6 is 0 Å². The molecule has 0 aliphatic heterocycles. The second-order valence-corrected chi connectivity index (χ2v) is 5.18. The largest absolute Gasteiger partial charge is 0.455 e. The van der Waals surface area contributed by atoms with Gasteiger partial charge >= 0.3 is 0 Å². The highest BCUT2D eigenvalue weighted by Gasteiger charge is 2.11. The first kappa shape index (κ1) is 15.5. The minimum absolute atomic E-state index is 0.111. The minimum Gasteiger partial charge on any atom is -0.455 e. The van der Waals surface area contributed by atoms with Crippen molar-refractivity contribution < 1.29 is 9.53 Å². The van der Waals surface area contributed by atoms with Gasteiger partial charge in [0.2, 0.25) is 0 Å². The van der Waals surface area contributed by atoms with Crippen LogP contribution in [0.5, 0.6) is 11.5 Å². The summed E-state index contributed by atoms with van der Waals surface area (Å²) < 4.78 is 5.85. The monoisotopic (exact) mass is 321 g/mol. The number of nitrogens with one attached hydrogen (secondary N) is 2. The molecule has 0 spiro atoms. The van der Waals surface area contributed by atoms with Crippen molar-refractivity contribution in [2.75, 3.05) is 5.32 Å². The maximum Gasteiger partial charge on any atom is 0.276 e. The number of hydrogen-bond donors (Lipinski definition) is 2. The number of para-hydroxylation sites is 2. The highest BCUT2D eigenvalue weighted by atomic mass is 16.5. The Kier molecular flexibility index (Phi) is 4.38. The zero-order chi connectivity index (χ0) is 16.9. The van der Waals surface area contributed by atoms with Gasteiger partial charge in [-0.2, -0.15) is 5.10 Å². The molecule has 0 aliphatic carbocycles. The summed E-state index contributed by atoms with van der Waals surface area (Å²) in [6, 6.07) is 17.3. The Hall–Kier alpha value is -3.41. The Balaban J connectivity index is 1.82. The average Bonchev–Trinajstić information content (AvgIpc) is 2.57. The number of benzene rings is 2. The number of amides is 1. The molecular formula is C18H15N3O3. The first-order valence-electron chi connectivity index (χ1n) is 7.32. The van der Waals surface area contributed by atoms with E-state index >= 15 is 0 Å². The molecule has 1 amide bonds. The summed E-state index contributed by atoms with van der Waals surface area (Å²) in [5.74, 6) is 0.756. The number of aromatic nitrogens is 2. The van der Waals surface area contributed by atoms with Gasteiger partial charge in [-0.05, 0) is 42.8 Å². The maximum atomic E-state index is 12.2. The van der Waals surface area contributed by atoms with Crippen molar-refractivity contribution in [1.82, 2.24) is 10.2 Å². The van der Waals surface area contributed by atoms with Crippen LogP contribution in [0.4, 0.5) is 5.69 Å². The maximum absolute atomic E-state index is 12.2. The molecule has 0 saturated carbocycles. The lowest BCUT2D eigenvalue weighted by atomic mass is 10.2. The molecule has 0 unspecified atom stereocenters. The number of anilines is 1. The number of carbonyl (C=O) groups excluding carboxylic acids is 1. The number of rotatable bonds is 4. The van der Waals surface area contributed by atoms with Crippen molar-refractivity contribution in [3.8, 4) is 11.5 Å². The van der Waals surface area contributed by atoms with Crippen LogP contribution in [0.25, 0.3) is 0 Å². The molecule has 1 heterocycles. The standard InChI is InChI=1S/C18H15N3O3/c1-12-5-4-6-13(11-12)24-16-8-3-2-7-14(16)19-18(23)15-9-10-17(22)21-20-15/h2-11H,1H3,(H,19,23)(H,21,22). The summed E-state index contributed by atoms with van der Waals surface area (Å²) in [6.45, 7) is 1.97. The van der Waals surface area contributed by atoms with E-state index in [4.69, 9.17) is 4.74 Å². The highest BCUT2D eigenvalue weighted by molar-refractivity contribution is 6.03. The molecule has 0 fully saturated rings. The second-order valence-electron chi connectivity index (χ2n) is 5.18.